The van der Waals surface area contributed by atoms with Crippen molar-refractivity contribution in [3.8, 4) is 11.5 Å². The summed E-state index contributed by atoms with van der Waals surface area (Å²) in [4.78, 5) is 30.7. The quantitative estimate of drug-likeness (QED) is 0.206. The molecule has 0 bridgehead atoms. The number of para-hydroxylation sites is 1. The number of aliphatic hydroxyl groups excluding tert-OH is 1. The van der Waals surface area contributed by atoms with Gasteiger partial charge in [0, 0.05) is 28.7 Å². The van der Waals surface area contributed by atoms with Gasteiger partial charge in [0.25, 0.3) is 11.7 Å². The van der Waals surface area contributed by atoms with E-state index in [9.17, 15) is 23.5 Å². The molecule has 7 nitrogen and oxygen atoms in total. The summed E-state index contributed by atoms with van der Waals surface area (Å²) >= 11 is 0. The average Bonchev–Trinajstić information content (AvgIpc) is 3.43. The van der Waals surface area contributed by atoms with Crippen LogP contribution in [0.1, 0.15) is 24.1 Å². The van der Waals surface area contributed by atoms with Crippen molar-refractivity contribution >= 4 is 34.0 Å². The summed E-state index contributed by atoms with van der Waals surface area (Å²) in [6.07, 6.45) is 1.53. The lowest BCUT2D eigenvalue weighted by Crippen LogP contribution is -2.30. The number of carbonyl (C=O) groups is 2. The number of ether oxygens (including phenoxy) is 2. The number of hydrogen-bond donors (Lipinski definition) is 2. The van der Waals surface area contributed by atoms with Crippen molar-refractivity contribution in [1.29, 1.82) is 0 Å². The number of ketones is 1. The number of fused-ring (bicyclic) bond motifs is 1. The lowest BCUT2D eigenvalue weighted by Gasteiger charge is -2.26. The molecule has 2 N–H and O–H groups in total. The average molecular weight is 504 g/mol. The minimum atomic E-state index is -1.24. The molecule has 188 valence electrons. The standard InChI is InChI=1S/C28H22F2N2O5/c1-3-37-23-12-15(8-11-22(23)36-2)25-24(26(33)18-14-31-20-7-5-4-6-17(18)20)27(34)28(35)32(25)21-10-9-16(29)13-19(21)30/h4-14,25,31,33H,3H2,1-2H3/b26-24-. The molecular weight excluding hydrogens is 482 g/mol. The number of aromatic nitrogens is 1. The lowest BCUT2D eigenvalue weighted by molar-refractivity contribution is -0.132. The molecule has 9 heteroatoms. The van der Waals surface area contributed by atoms with Gasteiger partial charge in [0.2, 0.25) is 0 Å². The van der Waals surface area contributed by atoms with Gasteiger partial charge in [-0.1, -0.05) is 24.3 Å². The molecular formula is C28H22F2N2O5. The van der Waals surface area contributed by atoms with Crippen molar-refractivity contribution in [2.24, 2.45) is 0 Å². The molecule has 0 saturated carbocycles. The third kappa shape index (κ3) is 3.98. The first-order chi connectivity index (χ1) is 17.8. The zero-order chi connectivity index (χ0) is 26.3. The number of anilines is 1. The molecule has 1 fully saturated rings. The highest BCUT2D eigenvalue weighted by molar-refractivity contribution is 6.51. The van der Waals surface area contributed by atoms with Gasteiger partial charge in [-0.05, 0) is 42.8 Å². The van der Waals surface area contributed by atoms with E-state index < -0.39 is 35.1 Å². The van der Waals surface area contributed by atoms with E-state index in [0.29, 0.717) is 46.2 Å². The first-order valence-electron chi connectivity index (χ1n) is 11.5. The Labute approximate surface area is 210 Å². The summed E-state index contributed by atoms with van der Waals surface area (Å²) in [7, 11) is 1.47. The third-order valence-electron chi connectivity index (χ3n) is 6.26. The fraction of sp³-hybridized carbons (Fsp3) is 0.143. The second kappa shape index (κ2) is 9.42. The number of methoxy groups -OCH3 is 1. The maximum absolute atomic E-state index is 14.9. The molecule has 5 rings (SSSR count). The van der Waals surface area contributed by atoms with Crippen LogP contribution in [-0.2, 0) is 9.59 Å². The van der Waals surface area contributed by atoms with E-state index >= 15 is 0 Å². The first-order valence-corrected chi connectivity index (χ1v) is 11.5. The van der Waals surface area contributed by atoms with Gasteiger partial charge in [-0.25, -0.2) is 8.78 Å². The van der Waals surface area contributed by atoms with E-state index in [1.807, 2.05) is 6.07 Å². The number of hydrogen-bond acceptors (Lipinski definition) is 5. The molecule has 1 atom stereocenters. The number of rotatable bonds is 6. The molecule has 0 spiro atoms. The van der Waals surface area contributed by atoms with Gasteiger partial charge in [0.15, 0.2) is 11.5 Å². The number of nitrogens with zero attached hydrogens (tertiary/aromatic N) is 1. The monoisotopic (exact) mass is 504 g/mol. The predicted molar refractivity (Wildman–Crippen MR) is 134 cm³/mol. The minimum absolute atomic E-state index is 0.244. The number of aromatic amines is 1. The second-order valence-corrected chi connectivity index (χ2v) is 8.36. The molecule has 0 aliphatic carbocycles. The Balaban J connectivity index is 1.78. The second-order valence-electron chi connectivity index (χ2n) is 8.36. The Bertz CT molecular complexity index is 1580. The highest BCUT2D eigenvalue weighted by Gasteiger charge is 2.48. The van der Waals surface area contributed by atoms with Gasteiger partial charge < -0.3 is 19.6 Å². The van der Waals surface area contributed by atoms with Crippen LogP contribution >= 0.6 is 0 Å². The van der Waals surface area contributed by atoms with Crippen LogP contribution in [0.2, 0.25) is 0 Å². The third-order valence-corrected chi connectivity index (χ3v) is 6.26. The summed E-state index contributed by atoms with van der Waals surface area (Å²) in [5, 5.41) is 12.1. The number of benzene rings is 3. The maximum Gasteiger partial charge on any atom is 0.300 e. The molecule has 4 aromatic rings. The number of H-pyrrole nitrogens is 1. The number of nitrogens with one attached hydrogen (secondary N) is 1. The fourth-order valence-electron chi connectivity index (χ4n) is 4.62. The van der Waals surface area contributed by atoms with E-state index in [-0.39, 0.29) is 11.3 Å². The van der Waals surface area contributed by atoms with E-state index in [1.165, 1.54) is 13.3 Å². The topological polar surface area (TPSA) is 91.9 Å². The Morgan fingerprint density at radius 1 is 1.05 bits per heavy atom. The van der Waals surface area contributed by atoms with Crippen molar-refractivity contribution in [2.75, 3.05) is 18.6 Å². The molecule has 1 saturated heterocycles. The zero-order valence-electron chi connectivity index (χ0n) is 19.9. The van der Waals surface area contributed by atoms with Crippen molar-refractivity contribution < 1.29 is 33.0 Å². The van der Waals surface area contributed by atoms with Gasteiger partial charge in [0.05, 0.1) is 31.0 Å². The number of carbonyl (C=O) groups excluding carboxylic acids is 2. The summed E-state index contributed by atoms with van der Waals surface area (Å²) in [6.45, 7) is 2.09. The number of amides is 1. The summed E-state index contributed by atoms with van der Waals surface area (Å²) < 4.78 is 39.7. The fourth-order valence-corrected chi connectivity index (χ4v) is 4.62. The van der Waals surface area contributed by atoms with E-state index in [0.717, 1.165) is 17.0 Å². The maximum atomic E-state index is 14.9. The highest BCUT2D eigenvalue weighted by atomic mass is 19.1. The van der Waals surface area contributed by atoms with Crippen LogP contribution in [0.5, 0.6) is 11.5 Å². The Morgan fingerprint density at radius 2 is 1.84 bits per heavy atom. The minimum Gasteiger partial charge on any atom is -0.507 e. The van der Waals surface area contributed by atoms with Gasteiger partial charge in [-0.15, -0.1) is 0 Å². The molecule has 3 aromatic carbocycles. The molecule has 1 unspecified atom stereocenters. The van der Waals surface area contributed by atoms with Crippen molar-refractivity contribution in [1.82, 2.24) is 4.98 Å². The van der Waals surface area contributed by atoms with Gasteiger partial charge in [-0.2, -0.15) is 0 Å². The molecule has 1 aliphatic rings. The van der Waals surface area contributed by atoms with Crippen LogP contribution in [0.3, 0.4) is 0 Å². The Morgan fingerprint density at radius 3 is 2.57 bits per heavy atom. The van der Waals surface area contributed by atoms with Gasteiger partial charge in [0.1, 0.15) is 17.4 Å². The van der Waals surface area contributed by atoms with E-state index in [4.69, 9.17) is 9.47 Å². The van der Waals surface area contributed by atoms with Crippen molar-refractivity contribution in [3.05, 3.63) is 95.2 Å². The first kappa shape index (κ1) is 24.1. The van der Waals surface area contributed by atoms with Crippen LogP contribution in [0, 0.1) is 11.6 Å². The van der Waals surface area contributed by atoms with Gasteiger partial charge in [-0.3, -0.25) is 14.5 Å². The van der Waals surface area contributed by atoms with E-state index in [1.54, 1.807) is 43.3 Å². The van der Waals surface area contributed by atoms with Crippen LogP contribution in [-0.4, -0.2) is 35.5 Å². The van der Waals surface area contributed by atoms with Crippen LogP contribution in [0.15, 0.2) is 72.4 Å². The molecule has 0 radical (unpaired) electrons. The number of aliphatic hydroxyl groups is 1. The van der Waals surface area contributed by atoms with Gasteiger partial charge >= 0.3 is 0 Å². The van der Waals surface area contributed by atoms with Crippen molar-refractivity contribution in [3.63, 3.8) is 0 Å². The summed E-state index contributed by atoms with van der Waals surface area (Å²) in [6, 6.07) is 13.4. The lowest BCUT2D eigenvalue weighted by atomic mass is 9.94. The normalized spacial score (nSPS) is 17.0. The predicted octanol–water partition coefficient (Wildman–Crippen LogP) is 5.48. The Hall–Kier alpha value is -4.66. The molecule has 37 heavy (non-hydrogen) atoms. The highest BCUT2D eigenvalue weighted by Crippen LogP contribution is 2.45. The SMILES string of the molecule is CCOc1cc(C2/C(=C(/O)c3c[nH]c4ccccc34)C(=O)C(=O)N2c2ccc(F)cc2F)ccc1OC. The smallest absolute Gasteiger partial charge is 0.300 e. The summed E-state index contributed by atoms with van der Waals surface area (Å²) in [5.74, 6) is -3.63. The van der Waals surface area contributed by atoms with E-state index in [2.05, 4.69) is 4.98 Å². The molecule has 1 aliphatic heterocycles. The van der Waals surface area contributed by atoms with Crippen molar-refractivity contribution in [2.45, 2.75) is 13.0 Å². The molecule has 1 aromatic heterocycles. The Kier molecular flexibility index (Phi) is 6.12. The molecule has 1 amide bonds. The van der Waals surface area contributed by atoms with Crippen LogP contribution < -0.4 is 14.4 Å². The zero-order valence-corrected chi connectivity index (χ0v) is 19.9. The van der Waals surface area contributed by atoms with Crippen LogP contribution in [0.4, 0.5) is 14.5 Å². The van der Waals surface area contributed by atoms with Crippen LogP contribution in [0.25, 0.3) is 16.7 Å². The molecule has 2 heterocycles. The summed E-state index contributed by atoms with van der Waals surface area (Å²) in [5.41, 5.74) is 0.819. The largest absolute Gasteiger partial charge is 0.507 e. The number of halogens is 2. The number of Topliss-reactive ketones (excluding diaryl/α,β-unsaturated/α-hetero) is 1.